The van der Waals surface area contributed by atoms with E-state index in [9.17, 15) is 4.79 Å². The lowest BCUT2D eigenvalue weighted by Gasteiger charge is -2.06. The van der Waals surface area contributed by atoms with Gasteiger partial charge in [-0.25, -0.2) is 4.68 Å². The SMILES string of the molecule is Cn1ncc(Cl)c1C(=O)Nc1cnn(COc2cccc(Cl)c2)c1. The number of nitrogens with zero attached hydrogens (tertiary/aromatic N) is 4. The summed E-state index contributed by atoms with van der Waals surface area (Å²) >= 11 is 11.8. The molecule has 0 fully saturated rings. The van der Waals surface area contributed by atoms with E-state index in [1.807, 2.05) is 0 Å². The number of halogens is 2. The number of benzene rings is 1. The van der Waals surface area contributed by atoms with Gasteiger partial charge in [-0.1, -0.05) is 29.3 Å². The minimum absolute atomic E-state index is 0.183. The van der Waals surface area contributed by atoms with Crippen molar-refractivity contribution in [3.05, 3.63) is 58.6 Å². The fourth-order valence-electron chi connectivity index (χ4n) is 2.05. The molecule has 2 heterocycles. The molecule has 0 bridgehead atoms. The van der Waals surface area contributed by atoms with Crippen LogP contribution in [0.25, 0.3) is 0 Å². The zero-order chi connectivity index (χ0) is 17.1. The first-order valence-electron chi connectivity index (χ1n) is 6.92. The van der Waals surface area contributed by atoms with Crippen molar-refractivity contribution in [3.63, 3.8) is 0 Å². The molecule has 3 aromatic rings. The summed E-state index contributed by atoms with van der Waals surface area (Å²) in [6.07, 6.45) is 4.58. The number of anilines is 1. The third-order valence-corrected chi connectivity index (χ3v) is 3.67. The van der Waals surface area contributed by atoms with Crippen molar-refractivity contribution in [2.75, 3.05) is 5.32 Å². The molecule has 0 aliphatic rings. The second-order valence-electron chi connectivity index (χ2n) is 4.92. The molecule has 9 heteroatoms. The van der Waals surface area contributed by atoms with Crippen molar-refractivity contribution in [2.45, 2.75) is 6.73 Å². The molecule has 0 saturated carbocycles. The minimum Gasteiger partial charge on any atom is -0.471 e. The molecule has 24 heavy (non-hydrogen) atoms. The van der Waals surface area contributed by atoms with Crippen LogP contribution in [0.1, 0.15) is 10.5 Å². The van der Waals surface area contributed by atoms with Gasteiger partial charge in [-0.15, -0.1) is 0 Å². The molecular weight excluding hydrogens is 353 g/mol. The number of carbonyl (C=O) groups excluding carboxylic acids is 1. The van der Waals surface area contributed by atoms with Crippen molar-refractivity contribution in [1.82, 2.24) is 19.6 Å². The average Bonchev–Trinajstić information content (AvgIpc) is 3.12. The van der Waals surface area contributed by atoms with Gasteiger partial charge in [0.15, 0.2) is 6.73 Å². The molecule has 0 spiro atoms. The van der Waals surface area contributed by atoms with Crippen LogP contribution in [0.3, 0.4) is 0 Å². The van der Waals surface area contributed by atoms with Gasteiger partial charge < -0.3 is 10.1 Å². The number of hydrogen-bond donors (Lipinski definition) is 1. The van der Waals surface area contributed by atoms with E-state index in [2.05, 4.69) is 15.5 Å². The standard InChI is InChI=1S/C15H13Cl2N5O2/c1-21-14(13(17)7-18-21)15(23)20-11-6-19-22(8-11)9-24-12-4-2-3-10(16)5-12/h2-8H,9H2,1H3,(H,20,23). The van der Waals surface area contributed by atoms with Gasteiger partial charge in [-0.3, -0.25) is 9.48 Å². The van der Waals surface area contributed by atoms with E-state index < -0.39 is 0 Å². The Balaban J connectivity index is 1.62. The summed E-state index contributed by atoms with van der Waals surface area (Å²) in [6.45, 7) is 0.183. The quantitative estimate of drug-likeness (QED) is 0.753. The maximum atomic E-state index is 12.2. The Morgan fingerprint density at radius 1 is 1.29 bits per heavy atom. The van der Waals surface area contributed by atoms with Gasteiger partial charge in [0.05, 0.1) is 29.3 Å². The smallest absolute Gasteiger partial charge is 0.275 e. The van der Waals surface area contributed by atoms with E-state index >= 15 is 0 Å². The number of amides is 1. The number of rotatable bonds is 5. The Kier molecular flexibility index (Phi) is 4.73. The Morgan fingerprint density at radius 2 is 2.12 bits per heavy atom. The largest absolute Gasteiger partial charge is 0.471 e. The van der Waals surface area contributed by atoms with Crippen LogP contribution in [0, 0.1) is 0 Å². The number of hydrogen-bond acceptors (Lipinski definition) is 4. The van der Waals surface area contributed by atoms with Gasteiger partial charge in [0.2, 0.25) is 0 Å². The van der Waals surface area contributed by atoms with Crippen molar-refractivity contribution in [3.8, 4) is 5.75 Å². The van der Waals surface area contributed by atoms with Crippen LogP contribution >= 0.6 is 23.2 Å². The number of aromatic nitrogens is 4. The summed E-state index contributed by atoms with van der Waals surface area (Å²) in [5, 5.41) is 11.6. The second kappa shape index (κ2) is 6.94. The van der Waals surface area contributed by atoms with E-state index in [0.717, 1.165) is 0 Å². The van der Waals surface area contributed by atoms with Crippen molar-refractivity contribution in [1.29, 1.82) is 0 Å². The molecule has 2 aromatic heterocycles. The summed E-state index contributed by atoms with van der Waals surface area (Å²) in [7, 11) is 1.64. The summed E-state index contributed by atoms with van der Waals surface area (Å²) in [6, 6.07) is 7.06. The van der Waals surface area contributed by atoms with Crippen LogP contribution in [0.4, 0.5) is 5.69 Å². The van der Waals surface area contributed by atoms with Gasteiger partial charge in [0.25, 0.3) is 5.91 Å². The van der Waals surface area contributed by atoms with Crippen LogP contribution in [0.2, 0.25) is 10.0 Å². The van der Waals surface area contributed by atoms with Crippen LogP contribution in [0.5, 0.6) is 5.75 Å². The maximum absolute atomic E-state index is 12.2. The highest BCUT2D eigenvalue weighted by atomic mass is 35.5. The molecule has 0 saturated heterocycles. The number of nitrogens with one attached hydrogen (secondary N) is 1. The topological polar surface area (TPSA) is 74.0 Å². The third kappa shape index (κ3) is 3.69. The van der Waals surface area contributed by atoms with Crippen molar-refractivity contribution in [2.24, 2.45) is 7.05 Å². The van der Waals surface area contributed by atoms with Gasteiger partial charge >= 0.3 is 0 Å². The average molecular weight is 366 g/mol. The predicted octanol–water partition coefficient (Wildman–Crippen LogP) is 3.21. The van der Waals surface area contributed by atoms with Crippen LogP contribution in [0.15, 0.2) is 42.9 Å². The number of ether oxygens (including phenoxy) is 1. The maximum Gasteiger partial charge on any atom is 0.275 e. The lowest BCUT2D eigenvalue weighted by atomic mass is 10.3. The zero-order valence-electron chi connectivity index (χ0n) is 12.6. The monoisotopic (exact) mass is 365 g/mol. The van der Waals surface area contributed by atoms with E-state index in [1.165, 1.54) is 17.1 Å². The van der Waals surface area contributed by atoms with Gasteiger partial charge in [0, 0.05) is 12.1 Å². The highest BCUT2D eigenvalue weighted by Gasteiger charge is 2.16. The number of carbonyl (C=O) groups is 1. The van der Waals surface area contributed by atoms with Crippen molar-refractivity contribution < 1.29 is 9.53 Å². The second-order valence-corrected chi connectivity index (χ2v) is 5.76. The van der Waals surface area contributed by atoms with E-state index in [-0.39, 0.29) is 23.4 Å². The number of aryl methyl sites for hydroxylation is 1. The normalized spacial score (nSPS) is 10.6. The Hall–Kier alpha value is -2.51. The molecule has 0 aliphatic heterocycles. The molecular formula is C15H13Cl2N5O2. The molecule has 1 amide bonds. The molecule has 0 atom stereocenters. The van der Waals surface area contributed by atoms with Gasteiger partial charge in [0.1, 0.15) is 11.4 Å². The molecule has 7 nitrogen and oxygen atoms in total. The summed E-state index contributed by atoms with van der Waals surface area (Å²) in [4.78, 5) is 12.2. The molecule has 0 unspecified atom stereocenters. The summed E-state index contributed by atoms with van der Waals surface area (Å²) in [5.74, 6) is 0.264. The molecule has 0 radical (unpaired) electrons. The summed E-state index contributed by atoms with van der Waals surface area (Å²) < 4.78 is 8.52. The fraction of sp³-hybridized carbons (Fsp3) is 0.133. The van der Waals surface area contributed by atoms with Crippen LogP contribution < -0.4 is 10.1 Å². The van der Waals surface area contributed by atoms with Crippen molar-refractivity contribution >= 4 is 34.8 Å². The minimum atomic E-state index is -0.365. The third-order valence-electron chi connectivity index (χ3n) is 3.16. The Bertz CT molecular complexity index is 855. The highest BCUT2D eigenvalue weighted by molar-refractivity contribution is 6.34. The first kappa shape index (κ1) is 16.4. The zero-order valence-corrected chi connectivity index (χ0v) is 14.1. The highest BCUT2D eigenvalue weighted by Crippen LogP contribution is 2.18. The van der Waals surface area contributed by atoms with Gasteiger partial charge in [-0.05, 0) is 18.2 Å². The van der Waals surface area contributed by atoms with Crippen LogP contribution in [-0.2, 0) is 13.8 Å². The predicted molar refractivity (Wildman–Crippen MR) is 90.5 cm³/mol. The fourth-order valence-corrected chi connectivity index (χ4v) is 2.48. The van der Waals surface area contributed by atoms with Crippen LogP contribution in [-0.4, -0.2) is 25.5 Å². The van der Waals surface area contributed by atoms with E-state index in [4.69, 9.17) is 27.9 Å². The van der Waals surface area contributed by atoms with Gasteiger partial charge in [-0.2, -0.15) is 10.2 Å². The molecule has 1 aromatic carbocycles. The molecule has 124 valence electrons. The first-order valence-corrected chi connectivity index (χ1v) is 7.68. The lowest BCUT2D eigenvalue weighted by molar-refractivity contribution is 0.101. The molecule has 1 N–H and O–H groups in total. The lowest BCUT2D eigenvalue weighted by Crippen LogP contribution is -2.16. The Labute approximate surface area is 147 Å². The van der Waals surface area contributed by atoms with E-state index in [1.54, 1.807) is 42.2 Å². The Morgan fingerprint density at radius 3 is 2.83 bits per heavy atom. The molecule has 0 aliphatic carbocycles. The van der Waals surface area contributed by atoms with E-state index in [0.29, 0.717) is 16.5 Å². The first-order chi connectivity index (χ1) is 11.5. The summed E-state index contributed by atoms with van der Waals surface area (Å²) in [5.41, 5.74) is 0.798. The molecule has 3 rings (SSSR count).